The van der Waals surface area contributed by atoms with Gasteiger partial charge in [0.15, 0.2) is 0 Å². The van der Waals surface area contributed by atoms with E-state index in [1.165, 1.54) is 42.3 Å². The molecule has 236 valence electrons. The van der Waals surface area contributed by atoms with Crippen LogP contribution in [0, 0.1) is 6.92 Å². The number of halogens is 3. The van der Waals surface area contributed by atoms with E-state index in [2.05, 4.69) is 5.32 Å². The molecule has 8 nitrogen and oxygen atoms in total. The van der Waals surface area contributed by atoms with Crippen LogP contribution in [0.5, 0.6) is 5.75 Å². The Labute approximate surface area is 274 Å². The number of hydrogen-bond acceptors (Lipinski definition) is 5. The van der Waals surface area contributed by atoms with E-state index in [1.807, 2.05) is 13.8 Å². The molecule has 0 heterocycles. The van der Waals surface area contributed by atoms with E-state index in [9.17, 15) is 18.0 Å². The molecule has 44 heavy (non-hydrogen) atoms. The predicted octanol–water partition coefficient (Wildman–Crippen LogP) is 7.03. The number of ether oxygens (including phenoxy) is 1. The van der Waals surface area contributed by atoms with Crippen LogP contribution < -0.4 is 14.4 Å². The number of amides is 2. The highest BCUT2D eigenvalue weighted by Gasteiger charge is 2.35. The van der Waals surface area contributed by atoms with Crippen molar-refractivity contribution in [1.82, 2.24) is 10.2 Å². The van der Waals surface area contributed by atoms with Crippen molar-refractivity contribution in [3.8, 4) is 5.75 Å². The van der Waals surface area contributed by atoms with Crippen LogP contribution in [-0.4, -0.2) is 50.9 Å². The van der Waals surface area contributed by atoms with Gasteiger partial charge in [0.2, 0.25) is 11.8 Å². The van der Waals surface area contributed by atoms with Crippen molar-refractivity contribution in [2.24, 2.45) is 0 Å². The van der Waals surface area contributed by atoms with Gasteiger partial charge in [0.1, 0.15) is 18.3 Å². The van der Waals surface area contributed by atoms with E-state index in [4.69, 9.17) is 39.5 Å². The first kappa shape index (κ1) is 33.9. The lowest BCUT2D eigenvalue weighted by molar-refractivity contribution is -0.140. The topological polar surface area (TPSA) is 96.0 Å². The van der Waals surface area contributed by atoms with E-state index >= 15 is 0 Å². The van der Waals surface area contributed by atoms with Crippen molar-refractivity contribution in [3.63, 3.8) is 0 Å². The minimum Gasteiger partial charge on any atom is -0.495 e. The summed E-state index contributed by atoms with van der Waals surface area (Å²) in [5.41, 5.74) is 1.69. The molecule has 3 aromatic carbocycles. The Kier molecular flexibility index (Phi) is 11.5. The number of hydrogen-bond donors (Lipinski definition) is 1. The molecule has 3 aromatic rings. The predicted molar refractivity (Wildman–Crippen MR) is 175 cm³/mol. The molecule has 0 aromatic heterocycles. The van der Waals surface area contributed by atoms with Crippen LogP contribution in [0.4, 0.5) is 5.69 Å². The van der Waals surface area contributed by atoms with Crippen LogP contribution in [0.15, 0.2) is 65.6 Å². The highest BCUT2D eigenvalue weighted by Crippen LogP contribution is 2.33. The minimum absolute atomic E-state index is 0.00453. The second-order valence-electron chi connectivity index (χ2n) is 10.8. The van der Waals surface area contributed by atoms with E-state index in [1.54, 1.807) is 30.3 Å². The lowest BCUT2D eigenvalue weighted by Gasteiger charge is -2.34. The highest BCUT2D eigenvalue weighted by molar-refractivity contribution is 7.92. The van der Waals surface area contributed by atoms with Gasteiger partial charge in [-0.2, -0.15) is 0 Å². The number of rotatable bonds is 12. The van der Waals surface area contributed by atoms with Gasteiger partial charge in [-0.1, -0.05) is 78.3 Å². The lowest BCUT2D eigenvalue weighted by Crippen LogP contribution is -2.53. The Morgan fingerprint density at radius 1 is 0.955 bits per heavy atom. The third kappa shape index (κ3) is 7.99. The Hall–Kier alpha value is -2.98. The smallest absolute Gasteiger partial charge is 0.264 e. The van der Waals surface area contributed by atoms with Gasteiger partial charge in [-0.05, 0) is 74.2 Å². The molecule has 1 N–H and O–H groups in total. The van der Waals surface area contributed by atoms with E-state index in [-0.39, 0.29) is 34.1 Å². The molecule has 1 aliphatic rings. The van der Waals surface area contributed by atoms with Gasteiger partial charge in [0.25, 0.3) is 10.0 Å². The number of aryl methyl sites for hydroxylation is 1. The number of nitrogens with zero attached hydrogens (tertiary/aromatic N) is 2. The van der Waals surface area contributed by atoms with E-state index < -0.39 is 28.5 Å². The fourth-order valence-corrected chi connectivity index (χ4v) is 7.28. The minimum atomic E-state index is -4.25. The number of benzene rings is 3. The van der Waals surface area contributed by atoms with Crippen molar-refractivity contribution in [2.45, 2.75) is 69.5 Å². The number of carbonyl (C=O) groups excluding carboxylic acids is 2. The summed E-state index contributed by atoms with van der Waals surface area (Å²) in [5.74, 6) is -0.509. The first-order chi connectivity index (χ1) is 20.9. The van der Waals surface area contributed by atoms with Gasteiger partial charge in [-0.15, -0.1) is 0 Å². The molecule has 2 amide bonds. The van der Waals surface area contributed by atoms with Crippen molar-refractivity contribution in [1.29, 1.82) is 0 Å². The zero-order valence-electron chi connectivity index (χ0n) is 24.9. The third-order valence-corrected chi connectivity index (χ3v) is 10.6. The Balaban J connectivity index is 1.75. The maximum absolute atomic E-state index is 14.3. The second-order valence-corrected chi connectivity index (χ2v) is 13.9. The molecule has 0 saturated heterocycles. The third-order valence-electron chi connectivity index (χ3n) is 7.74. The van der Waals surface area contributed by atoms with Gasteiger partial charge in [-0.25, -0.2) is 8.42 Å². The normalized spacial score (nSPS) is 14.2. The molecule has 4 rings (SSSR count). The summed E-state index contributed by atoms with van der Waals surface area (Å²) in [5, 5.41) is 3.93. The average molecular weight is 681 g/mol. The van der Waals surface area contributed by atoms with Crippen LogP contribution in [-0.2, 0) is 26.2 Å². The highest BCUT2D eigenvalue weighted by atomic mass is 35.5. The SMILES string of the molecule is CCC(C(=O)NC1CCCC1)N(Cc1ccc(Cl)c(Cl)c1)C(=O)CN(c1ccc(OC)c(Cl)c1)S(=O)(=O)c1ccc(C)cc1. The number of carbonyl (C=O) groups is 2. The fraction of sp³-hybridized carbons (Fsp3) is 0.375. The van der Waals surface area contributed by atoms with Gasteiger partial charge in [0, 0.05) is 12.6 Å². The summed E-state index contributed by atoms with van der Waals surface area (Å²) in [4.78, 5) is 29.3. The van der Waals surface area contributed by atoms with Gasteiger partial charge >= 0.3 is 0 Å². The van der Waals surface area contributed by atoms with Crippen molar-refractivity contribution in [2.75, 3.05) is 18.0 Å². The largest absolute Gasteiger partial charge is 0.495 e. The zero-order valence-corrected chi connectivity index (χ0v) is 27.9. The van der Waals surface area contributed by atoms with Crippen molar-refractivity contribution < 1.29 is 22.7 Å². The van der Waals surface area contributed by atoms with Gasteiger partial charge in [0.05, 0.1) is 32.8 Å². The summed E-state index contributed by atoms with van der Waals surface area (Å²) in [6, 6.07) is 15.0. The monoisotopic (exact) mass is 679 g/mol. The maximum Gasteiger partial charge on any atom is 0.264 e. The summed E-state index contributed by atoms with van der Waals surface area (Å²) in [7, 11) is -2.79. The summed E-state index contributed by atoms with van der Waals surface area (Å²) in [6.45, 7) is 3.09. The number of sulfonamides is 1. The second kappa shape index (κ2) is 14.9. The quantitative estimate of drug-likeness (QED) is 0.222. The first-order valence-electron chi connectivity index (χ1n) is 14.4. The molecule has 1 saturated carbocycles. The van der Waals surface area contributed by atoms with Crippen molar-refractivity contribution in [3.05, 3.63) is 86.9 Å². The summed E-state index contributed by atoms with van der Waals surface area (Å²) >= 11 is 18.8. The molecule has 0 aliphatic heterocycles. The fourth-order valence-electron chi connectivity index (χ4n) is 5.30. The van der Waals surface area contributed by atoms with Crippen molar-refractivity contribution >= 4 is 62.3 Å². The van der Waals surface area contributed by atoms with Crippen LogP contribution >= 0.6 is 34.8 Å². The zero-order chi connectivity index (χ0) is 32.0. The van der Waals surface area contributed by atoms with Crippen LogP contribution in [0.3, 0.4) is 0 Å². The van der Waals surface area contributed by atoms with Crippen LogP contribution in [0.1, 0.15) is 50.2 Å². The number of nitrogens with one attached hydrogen (secondary N) is 1. The van der Waals surface area contributed by atoms with Gasteiger partial charge < -0.3 is 15.0 Å². The first-order valence-corrected chi connectivity index (χ1v) is 17.0. The standard InChI is InChI=1S/C32H36Cl3N3O5S/c1-4-29(32(40)36-23-7-5-6-8-23)37(19-22-11-15-26(33)27(34)17-22)31(39)20-38(24-12-16-30(43-3)28(35)18-24)44(41,42)25-13-9-21(2)10-14-25/h9-18,23,29H,4-8,19-20H2,1-3H3,(H,36,40). The Morgan fingerprint density at radius 3 is 2.23 bits per heavy atom. The molecule has 0 bridgehead atoms. The molecule has 1 unspecified atom stereocenters. The van der Waals surface area contributed by atoms with E-state index in [0.29, 0.717) is 27.8 Å². The Bertz CT molecular complexity index is 1600. The lowest BCUT2D eigenvalue weighted by atomic mass is 10.1. The van der Waals surface area contributed by atoms with Crippen LogP contribution in [0.2, 0.25) is 15.1 Å². The molecule has 1 atom stereocenters. The molecule has 1 fully saturated rings. The van der Waals surface area contributed by atoms with Gasteiger partial charge in [-0.3, -0.25) is 13.9 Å². The summed E-state index contributed by atoms with van der Waals surface area (Å²) < 4.78 is 34.4. The van der Waals surface area contributed by atoms with Crippen LogP contribution in [0.25, 0.3) is 0 Å². The van der Waals surface area contributed by atoms with E-state index in [0.717, 1.165) is 35.6 Å². The molecule has 12 heteroatoms. The maximum atomic E-state index is 14.3. The molecule has 1 aliphatic carbocycles. The molecular formula is C32H36Cl3N3O5S. The number of methoxy groups -OCH3 is 1. The molecule has 0 radical (unpaired) electrons. The average Bonchev–Trinajstić information content (AvgIpc) is 3.50. The molecule has 0 spiro atoms. The summed E-state index contributed by atoms with van der Waals surface area (Å²) in [6.07, 6.45) is 4.13. The Morgan fingerprint density at radius 2 is 1.64 bits per heavy atom. The number of anilines is 1. The molecular weight excluding hydrogens is 645 g/mol.